The highest BCUT2D eigenvalue weighted by Crippen LogP contribution is 2.48. The van der Waals surface area contributed by atoms with Gasteiger partial charge in [0.15, 0.2) is 0 Å². The lowest BCUT2D eigenvalue weighted by atomic mass is 9.73. The van der Waals surface area contributed by atoms with Crippen LogP contribution in [0, 0.1) is 17.8 Å². The van der Waals surface area contributed by atoms with Crippen molar-refractivity contribution in [2.45, 2.75) is 102 Å². The summed E-state index contributed by atoms with van der Waals surface area (Å²) in [6.07, 6.45) is 13.2. The number of carbonyl (C=O) groups excluding carboxylic acids is 1. The van der Waals surface area contributed by atoms with E-state index in [9.17, 15) is 9.90 Å². The number of hydrogen-bond donors (Lipinski definition) is 3. The second-order valence-corrected chi connectivity index (χ2v) is 13.0. The van der Waals surface area contributed by atoms with Gasteiger partial charge in [-0.1, -0.05) is 38.8 Å². The number of terminal acetylenes is 1. The van der Waals surface area contributed by atoms with Crippen LogP contribution >= 0.6 is 0 Å². The number of carbonyl (C=O) groups is 1. The number of aliphatic hydroxyl groups is 1. The van der Waals surface area contributed by atoms with Gasteiger partial charge in [0.2, 0.25) is 11.8 Å². The van der Waals surface area contributed by atoms with Gasteiger partial charge in [0.25, 0.3) is 0 Å². The molecule has 2 fully saturated rings. The van der Waals surface area contributed by atoms with Crippen LogP contribution in [0.15, 0.2) is 36.5 Å². The van der Waals surface area contributed by atoms with Gasteiger partial charge in [0.1, 0.15) is 11.7 Å². The molecule has 7 heteroatoms. The molecule has 3 heterocycles. The molecule has 1 amide bonds. The summed E-state index contributed by atoms with van der Waals surface area (Å²) in [6, 6.07) is 9.41. The van der Waals surface area contributed by atoms with E-state index in [0.717, 1.165) is 55.2 Å². The van der Waals surface area contributed by atoms with Crippen molar-refractivity contribution in [3.63, 3.8) is 0 Å². The summed E-state index contributed by atoms with van der Waals surface area (Å²) in [4.78, 5) is 17.7. The third-order valence-corrected chi connectivity index (χ3v) is 8.34. The van der Waals surface area contributed by atoms with E-state index >= 15 is 0 Å². The normalized spacial score (nSPS) is 22.9. The number of nitrogens with zero attached hydrogens (tertiary/aromatic N) is 1. The molecular weight excluding hydrogens is 502 g/mol. The van der Waals surface area contributed by atoms with Crippen LogP contribution < -0.4 is 15.4 Å². The molecule has 0 bridgehead atoms. The average molecular weight is 546 g/mol. The fourth-order valence-corrected chi connectivity index (χ4v) is 6.14. The van der Waals surface area contributed by atoms with Gasteiger partial charge in [0.05, 0.1) is 12.1 Å². The van der Waals surface area contributed by atoms with Crippen LogP contribution in [-0.4, -0.2) is 53.0 Å². The molecule has 4 atom stereocenters. The predicted molar refractivity (Wildman–Crippen MR) is 155 cm³/mol. The maximum absolute atomic E-state index is 13.0. The van der Waals surface area contributed by atoms with E-state index in [-0.39, 0.29) is 23.0 Å². The zero-order chi connectivity index (χ0) is 28.3. The largest absolute Gasteiger partial charge is 0.471 e. The predicted octanol–water partition coefficient (Wildman–Crippen LogP) is 4.25. The first-order chi connectivity index (χ1) is 19.1. The zero-order valence-electron chi connectivity index (χ0n) is 24.0. The standard InChI is InChI=1S/C33H43N3O4/c1-5-22-9-6-10-23(15-22)17-26(36-30(38)29-11-7-14-39-29)28(37)21-34-27-19-33(12-8-13-33)40-31-25(27)16-24(20-35-31)18-32(2,3)4/h1,6,9-10,15-16,20,26-29,34,37H,7-8,11-14,17-19,21H2,2-4H3,(H,36,38)/t26-,27-,28-,29-/m0/s1. The second kappa shape index (κ2) is 11.9. The molecule has 5 rings (SSSR count). The van der Waals surface area contributed by atoms with E-state index in [2.05, 4.69) is 43.4 Å². The Bertz CT molecular complexity index is 1240. The molecule has 2 aromatic rings. The lowest BCUT2D eigenvalue weighted by molar-refractivity contribution is -0.131. The first-order valence-electron chi connectivity index (χ1n) is 14.7. The van der Waals surface area contributed by atoms with Crippen LogP contribution in [-0.2, 0) is 22.4 Å². The van der Waals surface area contributed by atoms with E-state index in [1.807, 2.05) is 30.5 Å². The molecule has 1 aromatic carbocycles. The van der Waals surface area contributed by atoms with Crippen LogP contribution in [0.4, 0.5) is 0 Å². The number of rotatable bonds is 9. The first-order valence-corrected chi connectivity index (χ1v) is 14.7. The molecule has 3 aliphatic rings. The van der Waals surface area contributed by atoms with Crippen molar-refractivity contribution in [1.82, 2.24) is 15.6 Å². The molecule has 0 radical (unpaired) electrons. The summed E-state index contributed by atoms with van der Waals surface area (Å²) in [5.41, 5.74) is 3.93. The van der Waals surface area contributed by atoms with Gasteiger partial charge in [-0.3, -0.25) is 4.79 Å². The summed E-state index contributed by atoms with van der Waals surface area (Å²) in [5, 5.41) is 18.2. The van der Waals surface area contributed by atoms with Crippen molar-refractivity contribution in [2.24, 2.45) is 5.41 Å². The number of hydrogen-bond acceptors (Lipinski definition) is 6. The van der Waals surface area contributed by atoms with Gasteiger partial charge in [-0.2, -0.15) is 0 Å². The van der Waals surface area contributed by atoms with Gasteiger partial charge in [-0.05, 0) is 79.7 Å². The Balaban J connectivity index is 1.33. The molecule has 1 aliphatic carbocycles. The quantitative estimate of drug-likeness (QED) is 0.408. The molecule has 3 N–H and O–H groups in total. The SMILES string of the molecule is C#Cc1cccc(C[C@H](NC(=O)[C@@H]2CCCO2)[C@@H](O)CN[C@H]2CC3(CCC3)Oc3ncc(CC(C)(C)C)cc32)c1. The van der Waals surface area contributed by atoms with Gasteiger partial charge in [-0.25, -0.2) is 4.98 Å². The maximum atomic E-state index is 13.0. The topological polar surface area (TPSA) is 92.7 Å². The number of ether oxygens (including phenoxy) is 2. The molecule has 214 valence electrons. The summed E-state index contributed by atoms with van der Waals surface area (Å²) in [6.45, 7) is 7.58. The minimum atomic E-state index is -0.825. The van der Waals surface area contributed by atoms with Gasteiger partial charge in [0, 0.05) is 42.9 Å². The van der Waals surface area contributed by atoms with Crippen LogP contribution in [0.2, 0.25) is 0 Å². The highest BCUT2D eigenvalue weighted by Gasteiger charge is 2.46. The highest BCUT2D eigenvalue weighted by molar-refractivity contribution is 5.81. The summed E-state index contributed by atoms with van der Waals surface area (Å²) < 4.78 is 12.0. The highest BCUT2D eigenvalue weighted by atomic mass is 16.5. The fourth-order valence-electron chi connectivity index (χ4n) is 6.14. The van der Waals surface area contributed by atoms with Gasteiger partial charge < -0.3 is 25.2 Å². The summed E-state index contributed by atoms with van der Waals surface area (Å²) in [5.74, 6) is 3.20. The van der Waals surface area contributed by atoms with Crippen LogP contribution in [0.5, 0.6) is 5.88 Å². The molecule has 2 aliphatic heterocycles. The van der Waals surface area contributed by atoms with E-state index in [1.165, 1.54) is 5.56 Å². The number of amides is 1. The third kappa shape index (κ3) is 6.86. The molecule has 7 nitrogen and oxygen atoms in total. The summed E-state index contributed by atoms with van der Waals surface area (Å²) >= 11 is 0. The van der Waals surface area contributed by atoms with Gasteiger partial charge in [-0.15, -0.1) is 6.42 Å². The minimum absolute atomic E-state index is 0.00500. The molecule has 1 saturated heterocycles. The number of benzene rings is 1. The van der Waals surface area contributed by atoms with Crippen molar-refractivity contribution in [3.8, 4) is 18.2 Å². The monoisotopic (exact) mass is 545 g/mol. The summed E-state index contributed by atoms with van der Waals surface area (Å²) in [7, 11) is 0. The average Bonchev–Trinajstić information content (AvgIpc) is 3.45. The third-order valence-electron chi connectivity index (χ3n) is 8.34. The Morgan fingerprint density at radius 2 is 2.08 bits per heavy atom. The van der Waals surface area contributed by atoms with Crippen LogP contribution in [0.1, 0.15) is 87.6 Å². The van der Waals surface area contributed by atoms with Crippen molar-refractivity contribution in [1.29, 1.82) is 0 Å². The van der Waals surface area contributed by atoms with E-state index in [1.54, 1.807) is 0 Å². The Morgan fingerprint density at radius 1 is 1.25 bits per heavy atom. The van der Waals surface area contributed by atoms with Crippen LogP contribution in [0.3, 0.4) is 0 Å². The number of pyridine rings is 1. The van der Waals surface area contributed by atoms with E-state index in [0.29, 0.717) is 31.9 Å². The first kappa shape index (κ1) is 28.6. The lowest BCUT2D eigenvalue weighted by Gasteiger charge is -2.47. The van der Waals surface area contributed by atoms with E-state index in [4.69, 9.17) is 20.9 Å². The molecule has 40 heavy (non-hydrogen) atoms. The fraction of sp³-hybridized carbons (Fsp3) is 0.576. The van der Waals surface area contributed by atoms with Crippen molar-refractivity contribution < 1.29 is 19.4 Å². The Labute approximate surface area is 238 Å². The number of aliphatic hydroxyl groups excluding tert-OH is 1. The lowest BCUT2D eigenvalue weighted by Crippen LogP contribution is -2.53. The zero-order valence-corrected chi connectivity index (χ0v) is 24.0. The Hall–Kier alpha value is -2.92. The Kier molecular flexibility index (Phi) is 8.51. The molecular formula is C33H43N3O4. The molecule has 1 aromatic heterocycles. The Morgan fingerprint density at radius 3 is 2.75 bits per heavy atom. The van der Waals surface area contributed by atoms with Crippen molar-refractivity contribution in [3.05, 3.63) is 58.8 Å². The smallest absolute Gasteiger partial charge is 0.249 e. The van der Waals surface area contributed by atoms with Crippen molar-refractivity contribution in [2.75, 3.05) is 13.2 Å². The number of nitrogens with one attached hydrogen (secondary N) is 2. The van der Waals surface area contributed by atoms with Crippen molar-refractivity contribution >= 4 is 5.91 Å². The van der Waals surface area contributed by atoms with E-state index < -0.39 is 18.2 Å². The minimum Gasteiger partial charge on any atom is -0.471 e. The molecule has 0 unspecified atom stereocenters. The second-order valence-electron chi connectivity index (χ2n) is 13.0. The van der Waals surface area contributed by atoms with Gasteiger partial charge >= 0.3 is 0 Å². The van der Waals surface area contributed by atoms with Crippen LogP contribution in [0.25, 0.3) is 0 Å². The molecule has 1 spiro atoms. The molecule has 1 saturated carbocycles. The maximum Gasteiger partial charge on any atom is 0.249 e. The number of aromatic nitrogens is 1. The number of fused-ring (bicyclic) bond motifs is 1.